The quantitative estimate of drug-likeness (QED) is 0.388. The van der Waals surface area contributed by atoms with Gasteiger partial charge in [0.25, 0.3) is 0 Å². The Kier molecular flexibility index (Phi) is 3.54. The molecule has 3 N–H and O–H groups in total. The zero-order chi connectivity index (χ0) is 9.84. The smallest absolute Gasteiger partial charge is 0.222 e. The van der Waals surface area contributed by atoms with E-state index in [-0.39, 0.29) is 17.7 Å². The lowest BCUT2D eigenvalue weighted by Crippen LogP contribution is -2.44. The van der Waals surface area contributed by atoms with Gasteiger partial charge < -0.3 is 10.6 Å². The highest BCUT2D eigenvalue weighted by molar-refractivity contribution is 6.27. The van der Waals surface area contributed by atoms with Gasteiger partial charge >= 0.3 is 0 Å². The second-order valence-electron chi connectivity index (χ2n) is 3.27. The zero-order valence-electron chi connectivity index (χ0n) is 7.42. The van der Waals surface area contributed by atoms with Crippen molar-refractivity contribution in [2.75, 3.05) is 19.0 Å². The summed E-state index contributed by atoms with van der Waals surface area (Å²) in [5.74, 6) is 0.197. The maximum absolute atomic E-state index is 10.9. The van der Waals surface area contributed by atoms with Gasteiger partial charge in [0.1, 0.15) is 5.84 Å². The molecule has 0 aromatic rings. The molecule has 4 nitrogen and oxygen atoms in total. The number of nitrogens with two attached hydrogens (primary N) is 1. The molecule has 0 saturated carbocycles. The van der Waals surface area contributed by atoms with Crippen LogP contribution in [0.2, 0.25) is 0 Å². The van der Waals surface area contributed by atoms with Crippen molar-refractivity contribution in [1.82, 2.24) is 4.90 Å². The molecule has 0 aromatic heterocycles. The maximum atomic E-state index is 10.9. The van der Waals surface area contributed by atoms with Crippen LogP contribution >= 0.6 is 11.6 Å². The lowest BCUT2D eigenvalue weighted by Gasteiger charge is -2.32. The third-order valence-corrected chi connectivity index (χ3v) is 2.59. The van der Waals surface area contributed by atoms with Crippen molar-refractivity contribution in [3.05, 3.63) is 0 Å². The molecule has 0 aliphatic carbocycles. The Hall–Kier alpha value is -0.770. The Morgan fingerprint density at radius 2 is 2.38 bits per heavy atom. The van der Waals surface area contributed by atoms with E-state index < -0.39 is 0 Å². The minimum Gasteiger partial charge on any atom is -0.369 e. The highest BCUT2D eigenvalue weighted by atomic mass is 35.5. The van der Waals surface area contributed by atoms with Crippen LogP contribution in [0.5, 0.6) is 0 Å². The highest BCUT2D eigenvalue weighted by Gasteiger charge is 2.24. The Balaban J connectivity index is 2.51. The van der Waals surface area contributed by atoms with Gasteiger partial charge in [-0.05, 0) is 12.8 Å². The van der Waals surface area contributed by atoms with Crippen LogP contribution in [0.15, 0.2) is 0 Å². The first-order valence-electron chi connectivity index (χ1n) is 4.32. The number of hydrogen-bond acceptors (Lipinski definition) is 2. The topological polar surface area (TPSA) is 70.2 Å². The van der Waals surface area contributed by atoms with E-state index in [0.29, 0.717) is 12.4 Å². The van der Waals surface area contributed by atoms with Crippen LogP contribution in [0, 0.1) is 11.3 Å². The Labute approximate surface area is 82.5 Å². The summed E-state index contributed by atoms with van der Waals surface area (Å²) in [7, 11) is 0. The largest absolute Gasteiger partial charge is 0.369 e. The van der Waals surface area contributed by atoms with E-state index in [9.17, 15) is 4.79 Å². The molecule has 1 aliphatic rings. The van der Waals surface area contributed by atoms with Crippen LogP contribution in [0.4, 0.5) is 0 Å². The van der Waals surface area contributed by atoms with E-state index in [1.165, 1.54) is 0 Å². The lowest BCUT2D eigenvalue weighted by atomic mass is 9.97. The number of primary amides is 1. The van der Waals surface area contributed by atoms with Crippen LogP contribution in [-0.2, 0) is 4.79 Å². The first-order valence-corrected chi connectivity index (χ1v) is 4.86. The molecular weight excluding hydrogens is 190 g/mol. The molecule has 1 heterocycles. The predicted molar refractivity (Wildman–Crippen MR) is 51.9 cm³/mol. The fourth-order valence-electron chi connectivity index (χ4n) is 1.54. The van der Waals surface area contributed by atoms with Crippen molar-refractivity contribution in [2.45, 2.75) is 12.8 Å². The van der Waals surface area contributed by atoms with Crippen LogP contribution in [0.3, 0.4) is 0 Å². The Morgan fingerprint density at radius 3 is 2.92 bits per heavy atom. The first kappa shape index (κ1) is 10.3. The first-order chi connectivity index (χ1) is 6.15. The number of nitrogens with one attached hydrogen (secondary N) is 1. The molecule has 1 fully saturated rings. The number of alkyl halides is 1. The Morgan fingerprint density at radius 1 is 1.69 bits per heavy atom. The summed E-state index contributed by atoms with van der Waals surface area (Å²) in [6.45, 7) is 1.37. The number of hydrogen-bond donors (Lipinski definition) is 2. The van der Waals surface area contributed by atoms with Crippen molar-refractivity contribution < 1.29 is 4.79 Å². The van der Waals surface area contributed by atoms with Gasteiger partial charge in [0.05, 0.1) is 11.8 Å². The summed E-state index contributed by atoms with van der Waals surface area (Å²) in [5.41, 5.74) is 5.20. The summed E-state index contributed by atoms with van der Waals surface area (Å²) >= 11 is 5.53. The number of amidine groups is 1. The molecule has 5 heteroatoms. The number of rotatable bonds is 2. The third kappa shape index (κ3) is 2.59. The van der Waals surface area contributed by atoms with E-state index in [1.54, 1.807) is 0 Å². The summed E-state index contributed by atoms with van der Waals surface area (Å²) in [4.78, 5) is 12.7. The number of likely N-dealkylation sites (tertiary alicyclic amines) is 1. The van der Waals surface area contributed by atoms with Crippen molar-refractivity contribution in [3.63, 3.8) is 0 Å². The van der Waals surface area contributed by atoms with Crippen molar-refractivity contribution >= 4 is 23.3 Å². The minimum absolute atomic E-state index is 0.114. The molecule has 1 aliphatic heterocycles. The van der Waals surface area contributed by atoms with Gasteiger partial charge in [-0.15, -0.1) is 11.6 Å². The average molecular weight is 204 g/mol. The van der Waals surface area contributed by atoms with Crippen LogP contribution < -0.4 is 5.73 Å². The van der Waals surface area contributed by atoms with Gasteiger partial charge in [-0.2, -0.15) is 0 Å². The van der Waals surface area contributed by atoms with E-state index in [2.05, 4.69) is 0 Å². The molecular formula is C8H14ClN3O. The molecule has 1 rings (SSSR count). The molecule has 13 heavy (non-hydrogen) atoms. The van der Waals surface area contributed by atoms with Gasteiger partial charge in [-0.25, -0.2) is 0 Å². The molecule has 1 unspecified atom stereocenters. The molecule has 0 aromatic carbocycles. The molecule has 0 spiro atoms. The van der Waals surface area contributed by atoms with Crippen LogP contribution in [0.1, 0.15) is 12.8 Å². The van der Waals surface area contributed by atoms with E-state index in [0.717, 1.165) is 19.4 Å². The average Bonchev–Trinajstić information content (AvgIpc) is 2.17. The van der Waals surface area contributed by atoms with Gasteiger partial charge in [0.2, 0.25) is 5.91 Å². The zero-order valence-corrected chi connectivity index (χ0v) is 8.18. The number of piperidine rings is 1. The van der Waals surface area contributed by atoms with E-state index in [4.69, 9.17) is 22.7 Å². The Bertz CT molecular complexity index is 219. The second-order valence-corrected chi connectivity index (χ2v) is 3.54. The lowest BCUT2D eigenvalue weighted by molar-refractivity contribution is -0.122. The molecule has 74 valence electrons. The molecule has 1 amide bonds. The fraction of sp³-hybridized carbons (Fsp3) is 0.750. The fourth-order valence-corrected chi connectivity index (χ4v) is 1.71. The van der Waals surface area contributed by atoms with Gasteiger partial charge in [0, 0.05) is 13.1 Å². The summed E-state index contributed by atoms with van der Waals surface area (Å²) in [5, 5.41) is 7.50. The molecule has 0 radical (unpaired) electrons. The number of halogens is 1. The standard InChI is InChI=1S/C8H14ClN3O/c9-4-7(10)12-3-1-2-6(5-12)8(11)13/h6,10H,1-5H2,(H2,11,13). The number of amides is 1. The van der Waals surface area contributed by atoms with Gasteiger partial charge in [-0.1, -0.05) is 0 Å². The van der Waals surface area contributed by atoms with Crippen LogP contribution in [-0.4, -0.2) is 35.6 Å². The van der Waals surface area contributed by atoms with Crippen LogP contribution in [0.25, 0.3) is 0 Å². The molecule has 1 saturated heterocycles. The second kappa shape index (κ2) is 4.46. The SMILES string of the molecule is N=C(CCl)N1CCCC(C(N)=O)C1. The summed E-state index contributed by atoms with van der Waals surface area (Å²) < 4.78 is 0. The van der Waals surface area contributed by atoms with Gasteiger partial charge in [-0.3, -0.25) is 10.2 Å². The van der Waals surface area contributed by atoms with Crippen molar-refractivity contribution in [3.8, 4) is 0 Å². The number of carbonyl (C=O) groups is 1. The summed E-state index contributed by atoms with van der Waals surface area (Å²) in [6, 6.07) is 0. The monoisotopic (exact) mass is 203 g/mol. The maximum Gasteiger partial charge on any atom is 0.222 e. The number of nitrogens with zero attached hydrogens (tertiary/aromatic N) is 1. The third-order valence-electron chi connectivity index (χ3n) is 2.33. The summed E-state index contributed by atoms with van der Waals surface area (Å²) in [6.07, 6.45) is 1.74. The predicted octanol–water partition coefficient (Wildman–Crippen LogP) is 0.400. The molecule has 0 bridgehead atoms. The van der Waals surface area contributed by atoms with Gasteiger partial charge in [0.15, 0.2) is 0 Å². The van der Waals surface area contributed by atoms with Crippen molar-refractivity contribution in [1.29, 1.82) is 5.41 Å². The van der Waals surface area contributed by atoms with E-state index >= 15 is 0 Å². The highest BCUT2D eigenvalue weighted by Crippen LogP contribution is 2.16. The number of carbonyl (C=O) groups excluding carboxylic acids is 1. The normalized spacial score (nSPS) is 22.8. The minimum atomic E-state index is -0.271. The van der Waals surface area contributed by atoms with E-state index in [1.807, 2.05) is 4.90 Å². The van der Waals surface area contributed by atoms with Crippen molar-refractivity contribution in [2.24, 2.45) is 11.7 Å². The molecule has 1 atom stereocenters.